The second kappa shape index (κ2) is 9.87. The van der Waals surface area contributed by atoms with Crippen molar-refractivity contribution in [1.82, 2.24) is 0 Å². The molecule has 0 aliphatic rings. The average Bonchev–Trinajstić information content (AvgIpc) is 2.73. The van der Waals surface area contributed by atoms with Crippen molar-refractivity contribution in [1.29, 1.82) is 0 Å². The molecular formula is C24H18ClF3O4. The minimum absolute atomic E-state index is 0.0501. The van der Waals surface area contributed by atoms with Crippen LogP contribution in [0.1, 0.15) is 28.4 Å². The van der Waals surface area contributed by atoms with Crippen LogP contribution in [0.3, 0.4) is 0 Å². The predicted octanol–water partition coefficient (Wildman–Crippen LogP) is 6.35. The smallest absolute Gasteiger partial charge is 0.420 e. The lowest BCUT2D eigenvalue weighted by atomic mass is 9.96. The summed E-state index contributed by atoms with van der Waals surface area (Å²) in [4.78, 5) is 23.6. The van der Waals surface area contributed by atoms with Gasteiger partial charge in [-0.15, -0.1) is 0 Å². The highest BCUT2D eigenvalue weighted by atomic mass is 35.5. The van der Waals surface area contributed by atoms with E-state index in [0.29, 0.717) is 16.1 Å². The lowest BCUT2D eigenvalue weighted by Gasteiger charge is -2.19. The number of hydrogen-bond acceptors (Lipinski definition) is 4. The third-order valence-electron chi connectivity index (χ3n) is 4.53. The summed E-state index contributed by atoms with van der Waals surface area (Å²) in [6.07, 6.45) is -5.02. The zero-order valence-corrected chi connectivity index (χ0v) is 17.7. The van der Waals surface area contributed by atoms with Gasteiger partial charge in [0.1, 0.15) is 11.3 Å². The summed E-state index contributed by atoms with van der Waals surface area (Å²) in [5.74, 6) is -2.19. The van der Waals surface area contributed by atoms with E-state index >= 15 is 0 Å². The minimum atomic E-state index is -4.81. The van der Waals surface area contributed by atoms with Gasteiger partial charge in [-0.25, -0.2) is 4.79 Å². The number of carbonyl (C=O) groups excluding carboxylic acids is 2. The van der Waals surface area contributed by atoms with E-state index in [4.69, 9.17) is 21.1 Å². The molecule has 0 bridgehead atoms. The molecule has 0 saturated carbocycles. The van der Waals surface area contributed by atoms with E-state index in [1.807, 2.05) is 0 Å². The van der Waals surface area contributed by atoms with E-state index in [-0.39, 0.29) is 24.2 Å². The summed E-state index contributed by atoms with van der Waals surface area (Å²) < 4.78 is 52.1. The molecule has 0 aliphatic carbocycles. The Hall–Kier alpha value is -3.32. The number of halogens is 4. The largest absolute Gasteiger partial charge is 0.466 e. The maximum Gasteiger partial charge on any atom is 0.420 e. The van der Waals surface area contributed by atoms with Gasteiger partial charge in [-0.1, -0.05) is 48.0 Å². The third-order valence-corrected chi connectivity index (χ3v) is 4.79. The summed E-state index contributed by atoms with van der Waals surface area (Å²) in [5.41, 5.74) is -0.131. The van der Waals surface area contributed by atoms with Crippen LogP contribution in [0.4, 0.5) is 13.2 Å². The third kappa shape index (κ3) is 5.88. The van der Waals surface area contributed by atoms with Gasteiger partial charge in [-0.2, -0.15) is 13.2 Å². The number of carbonyl (C=O) groups is 2. The van der Waals surface area contributed by atoms with Gasteiger partial charge >= 0.3 is 18.1 Å². The molecule has 0 aromatic heterocycles. The molecule has 0 unspecified atom stereocenters. The summed E-state index contributed by atoms with van der Waals surface area (Å²) in [6.45, 7) is 0.922. The fourth-order valence-electron chi connectivity index (χ4n) is 3.12. The number of rotatable bonds is 6. The first kappa shape index (κ1) is 23.3. The van der Waals surface area contributed by atoms with Crippen molar-refractivity contribution in [3.8, 4) is 16.9 Å². The second-order valence-corrected chi connectivity index (χ2v) is 7.30. The van der Waals surface area contributed by atoms with Gasteiger partial charge in [0.2, 0.25) is 0 Å². The van der Waals surface area contributed by atoms with Crippen LogP contribution in [0.25, 0.3) is 11.1 Å². The first-order valence-electron chi connectivity index (χ1n) is 9.56. The molecule has 0 atom stereocenters. The molecule has 0 aliphatic heterocycles. The maximum absolute atomic E-state index is 14.0. The molecule has 0 heterocycles. The van der Waals surface area contributed by atoms with Gasteiger partial charge in [0.25, 0.3) is 0 Å². The lowest BCUT2D eigenvalue weighted by Crippen LogP contribution is -2.17. The van der Waals surface area contributed by atoms with Crippen LogP contribution in [0, 0.1) is 0 Å². The molecule has 4 nitrogen and oxygen atoms in total. The molecule has 166 valence electrons. The number of hydrogen-bond donors (Lipinski definition) is 0. The van der Waals surface area contributed by atoms with Crippen LogP contribution < -0.4 is 4.74 Å². The average molecular weight is 463 g/mol. The molecular weight excluding hydrogens is 445 g/mol. The van der Waals surface area contributed by atoms with E-state index in [2.05, 4.69) is 0 Å². The number of ether oxygens (including phenoxy) is 2. The highest BCUT2D eigenvalue weighted by Crippen LogP contribution is 2.42. The fraction of sp³-hybridized carbons (Fsp3) is 0.167. The topological polar surface area (TPSA) is 52.6 Å². The van der Waals surface area contributed by atoms with Gasteiger partial charge in [0, 0.05) is 18.4 Å². The Labute approximate surface area is 187 Å². The van der Waals surface area contributed by atoms with Crippen LogP contribution in [0.15, 0.2) is 66.7 Å². The number of alkyl halides is 3. The standard InChI is InChI=1S/C24H18ClF3O4/c1-15(29)31-12-11-18-13-19(16-5-3-2-4-6-16)14-21(22(18)24(26,27)28)32-23(30)17-7-9-20(25)10-8-17/h2-10,13-14H,11-12H2,1H3. The van der Waals surface area contributed by atoms with Crippen molar-refractivity contribution < 1.29 is 32.2 Å². The van der Waals surface area contributed by atoms with E-state index in [1.165, 1.54) is 43.3 Å². The van der Waals surface area contributed by atoms with Crippen LogP contribution >= 0.6 is 11.6 Å². The Bertz CT molecular complexity index is 1110. The van der Waals surface area contributed by atoms with Gasteiger partial charge in [-0.3, -0.25) is 4.79 Å². The monoisotopic (exact) mass is 462 g/mol. The Morgan fingerprint density at radius 2 is 1.59 bits per heavy atom. The minimum Gasteiger partial charge on any atom is -0.466 e. The zero-order valence-electron chi connectivity index (χ0n) is 16.9. The van der Waals surface area contributed by atoms with Crippen LogP contribution in [-0.2, 0) is 22.1 Å². The van der Waals surface area contributed by atoms with Crippen molar-refractivity contribution in [2.45, 2.75) is 19.5 Å². The molecule has 32 heavy (non-hydrogen) atoms. The van der Waals surface area contributed by atoms with Gasteiger partial charge in [-0.05, 0) is 47.0 Å². The van der Waals surface area contributed by atoms with Crippen LogP contribution in [0.2, 0.25) is 5.02 Å². The van der Waals surface area contributed by atoms with Crippen molar-refractivity contribution in [3.63, 3.8) is 0 Å². The molecule has 3 aromatic rings. The Morgan fingerprint density at radius 3 is 2.19 bits per heavy atom. The normalized spacial score (nSPS) is 11.2. The molecule has 0 saturated heterocycles. The first-order chi connectivity index (χ1) is 15.1. The maximum atomic E-state index is 14.0. The van der Waals surface area contributed by atoms with Gasteiger partial charge in [0.05, 0.1) is 12.2 Å². The molecule has 0 N–H and O–H groups in total. The highest BCUT2D eigenvalue weighted by Gasteiger charge is 2.38. The van der Waals surface area contributed by atoms with E-state index < -0.39 is 29.4 Å². The summed E-state index contributed by atoms with van der Waals surface area (Å²) in [6, 6.07) is 16.9. The van der Waals surface area contributed by atoms with E-state index in [9.17, 15) is 22.8 Å². The number of esters is 2. The quantitative estimate of drug-likeness (QED) is 0.316. The Kier molecular flexibility index (Phi) is 7.20. The van der Waals surface area contributed by atoms with Gasteiger partial charge in [0.15, 0.2) is 0 Å². The van der Waals surface area contributed by atoms with Crippen molar-refractivity contribution in [3.05, 3.63) is 88.4 Å². The fourth-order valence-corrected chi connectivity index (χ4v) is 3.25. The number of benzene rings is 3. The Balaban J connectivity index is 2.09. The Morgan fingerprint density at radius 1 is 0.938 bits per heavy atom. The predicted molar refractivity (Wildman–Crippen MR) is 114 cm³/mol. The summed E-state index contributed by atoms with van der Waals surface area (Å²) in [7, 11) is 0. The molecule has 3 rings (SSSR count). The molecule has 0 fully saturated rings. The van der Waals surface area contributed by atoms with E-state index in [0.717, 1.165) is 0 Å². The summed E-state index contributed by atoms with van der Waals surface area (Å²) in [5, 5.41) is 0.372. The van der Waals surface area contributed by atoms with E-state index in [1.54, 1.807) is 30.3 Å². The first-order valence-corrected chi connectivity index (χ1v) is 9.93. The molecule has 0 amide bonds. The van der Waals surface area contributed by atoms with Crippen molar-refractivity contribution in [2.75, 3.05) is 6.61 Å². The van der Waals surface area contributed by atoms with Crippen molar-refractivity contribution >= 4 is 23.5 Å². The lowest BCUT2D eigenvalue weighted by molar-refractivity contribution is -0.141. The molecule has 3 aromatic carbocycles. The molecule has 0 radical (unpaired) electrons. The zero-order chi connectivity index (χ0) is 23.3. The molecule has 0 spiro atoms. The second-order valence-electron chi connectivity index (χ2n) is 6.86. The van der Waals surface area contributed by atoms with Crippen molar-refractivity contribution in [2.24, 2.45) is 0 Å². The van der Waals surface area contributed by atoms with Crippen LogP contribution in [0.5, 0.6) is 5.75 Å². The molecule has 8 heteroatoms. The summed E-state index contributed by atoms with van der Waals surface area (Å²) >= 11 is 5.81. The van der Waals surface area contributed by atoms with Crippen LogP contribution in [-0.4, -0.2) is 18.5 Å². The highest BCUT2D eigenvalue weighted by molar-refractivity contribution is 6.30. The van der Waals surface area contributed by atoms with Gasteiger partial charge < -0.3 is 9.47 Å². The SMILES string of the molecule is CC(=O)OCCc1cc(-c2ccccc2)cc(OC(=O)c2ccc(Cl)cc2)c1C(F)(F)F.